The van der Waals surface area contributed by atoms with Crippen LogP contribution in [0.2, 0.25) is 0 Å². The second-order valence-electron chi connectivity index (χ2n) is 6.46. The molecular formula is C19H19F3N4O3. The monoisotopic (exact) mass is 408 g/mol. The highest BCUT2D eigenvalue weighted by molar-refractivity contribution is 6.41. The van der Waals surface area contributed by atoms with Gasteiger partial charge in [0.25, 0.3) is 0 Å². The second kappa shape index (κ2) is 8.46. The van der Waals surface area contributed by atoms with E-state index in [1.165, 1.54) is 0 Å². The van der Waals surface area contributed by atoms with E-state index in [2.05, 4.69) is 19.7 Å². The van der Waals surface area contributed by atoms with Crippen molar-refractivity contribution in [2.75, 3.05) is 6.61 Å². The topological polar surface area (TPSA) is 104 Å². The number of allylic oxidation sites excluding steroid dienone is 1. The maximum absolute atomic E-state index is 12.6. The average Bonchev–Trinajstić information content (AvgIpc) is 3.41. The van der Waals surface area contributed by atoms with Crippen LogP contribution in [0.1, 0.15) is 31.2 Å². The number of esters is 1. The van der Waals surface area contributed by atoms with Gasteiger partial charge in [0.1, 0.15) is 5.71 Å². The molecule has 1 aliphatic rings. The molecule has 10 heteroatoms. The number of hydrogen-bond donors (Lipinski definition) is 1. The quantitative estimate of drug-likeness (QED) is 0.555. The Balaban J connectivity index is 1.73. The maximum atomic E-state index is 12.6. The molecule has 1 saturated carbocycles. The number of nitrogens with zero attached hydrogens (tertiary/aromatic N) is 3. The summed E-state index contributed by atoms with van der Waals surface area (Å²) in [7, 11) is 0. The molecule has 2 aromatic rings. The number of benzene rings is 1. The molecule has 1 aliphatic carbocycles. The molecule has 0 bridgehead atoms. The third-order valence-corrected chi connectivity index (χ3v) is 4.15. The molecule has 1 heterocycles. The Morgan fingerprint density at radius 2 is 2.03 bits per heavy atom. The van der Waals surface area contributed by atoms with Crippen molar-refractivity contribution in [2.45, 2.75) is 32.5 Å². The van der Waals surface area contributed by atoms with E-state index in [9.17, 15) is 18.0 Å². The van der Waals surface area contributed by atoms with Crippen LogP contribution in [0.3, 0.4) is 0 Å². The normalized spacial score (nSPS) is 15.4. The smallest absolute Gasteiger partial charge is 0.461 e. The van der Waals surface area contributed by atoms with Gasteiger partial charge in [0.05, 0.1) is 13.2 Å². The van der Waals surface area contributed by atoms with E-state index in [0.717, 1.165) is 18.4 Å². The van der Waals surface area contributed by atoms with Crippen molar-refractivity contribution >= 4 is 11.7 Å². The number of rotatable bonds is 7. The molecular weight excluding hydrogens is 389 g/mol. The minimum Gasteiger partial charge on any atom is -0.461 e. The van der Waals surface area contributed by atoms with Gasteiger partial charge in [0, 0.05) is 11.3 Å². The van der Waals surface area contributed by atoms with Crippen LogP contribution >= 0.6 is 0 Å². The minimum atomic E-state index is -4.70. The minimum absolute atomic E-state index is 0.133. The Bertz CT molecular complexity index is 929. The largest absolute Gasteiger partial charge is 0.471 e. The first-order valence-electron chi connectivity index (χ1n) is 8.96. The van der Waals surface area contributed by atoms with Crippen LogP contribution in [0, 0.1) is 5.92 Å². The highest BCUT2D eigenvalue weighted by Gasteiger charge is 2.38. The van der Waals surface area contributed by atoms with Crippen LogP contribution in [0.15, 0.2) is 45.6 Å². The highest BCUT2D eigenvalue weighted by atomic mass is 19.4. The lowest BCUT2D eigenvalue weighted by molar-refractivity contribution is -0.159. The van der Waals surface area contributed by atoms with Gasteiger partial charge in [-0.05, 0) is 37.3 Å². The molecule has 7 nitrogen and oxygen atoms in total. The van der Waals surface area contributed by atoms with Gasteiger partial charge >= 0.3 is 18.0 Å². The molecule has 0 radical (unpaired) electrons. The molecule has 0 unspecified atom stereocenters. The number of carbonyl (C=O) groups is 1. The Kier molecular flexibility index (Phi) is 6.00. The molecule has 1 aromatic heterocycles. The Morgan fingerprint density at radius 3 is 2.59 bits per heavy atom. The Morgan fingerprint density at radius 1 is 1.34 bits per heavy atom. The Labute approximate surface area is 164 Å². The maximum Gasteiger partial charge on any atom is 0.471 e. The van der Waals surface area contributed by atoms with E-state index in [0.29, 0.717) is 11.3 Å². The van der Waals surface area contributed by atoms with Crippen LogP contribution in [-0.4, -0.2) is 28.4 Å². The standard InChI is InChI=1S/C19H19F3N4O3/c1-2-28-17(27)15(9-14(23)12-7-8-12)24-10-11-3-5-13(6-4-11)16-25-18(29-26-16)19(20,21)22/h3-6,9,12H,2,7-8,10,23H2,1H3. The van der Waals surface area contributed by atoms with E-state index < -0.39 is 18.0 Å². The van der Waals surface area contributed by atoms with Crippen molar-refractivity contribution in [3.8, 4) is 11.4 Å². The molecule has 154 valence electrons. The summed E-state index contributed by atoms with van der Waals surface area (Å²) < 4.78 is 46.9. The van der Waals surface area contributed by atoms with Gasteiger partial charge in [-0.15, -0.1) is 0 Å². The van der Waals surface area contributed by atoms with E-state index in [1.54, 1.807) is 37.3 Å². The number of nitrogens with two attached hydrogens (primary N) is 1. The predicted octanol–water partition coefficient (Wildman–Crippen LogP) is 3.51. The molecule has 0 amide bonds. The first-order valence-corrected chi connectivity index (χ1v) is 8.96. The zero-order valence-electron chi connectivity index (χ0n) is 15.6. The van der Waals surface area contributed by atoms with E-state index in [1.807, 2.05) is 0 Å². The van der Waals surface area contributed by atoms with Crippen LogP contribution in [0.25, 0.3) is 11.4 Å². The molecule has 0 atom stereocenters. The summed E-state index contributed by atoms with van der Waals surface area (Å²) in [5, 5.41) is 3.34. The zero-order valence-corrected chi connectivity index (χ0v) is 15.6. The lowest BCUT2D eigenvalue weighted by atomic mass is 10.1. The first-order chi connectivity index (χ1) is 13.8. The SMILES string of the molecule is CCOC(=O)C(C=C(N)C1CC1)=NCc1ccc(-c2noc(C(F)(F)F)n2)cc1. The van der Waals surface area contributed by atoms with Crippen LogP contribution < -0.4 is 5.73 Å². The summed E-state index contributed by atoms with van der Waals surface area (Å²) in [6.07, 6.45) is -1.17. The number of carbonyl (C=O) groups excluding carboxylic acids is 1. The summed E-state index contributed by atoms with van der Waals surface area (Å²) in [4.78, 5) is 19.7. The molecule has 3 rings (SSSR count). The van der Waals surface area contributed by atoms with Crippen LogP contribution in [0.5, 0.6) is 0 Å². The molecule has 0 spiro atoms. The van der Waals surface area contributed by atoms with Gasteiger partial charge in [0.15, 0.2) is 0 Å². The summed E-state index contributed by atoms with van der Waals surface area (Å²) in [5.74, 6) is -1.84. The third kappa shape index (κ3) is 5.43. The van der Waals surface area contributed by atoms with E-state index >= 15 is 0 Å². The molecule has 2 N–H and O–H groups in total. The molecule has 0 aliphatic heterocycles. The van der Waals surface area contributed by atoms with Gasteiger partial charge in [-0.25, -0.2) is 4.79 Å². The van der Waals surface area contributed by atoms with Gasteiger partial charge in [-0.3, -0.25) is 4.99 Å². The zero-order chi connectivity index (χ0) is 21.0. The molecule has 29 heavy (non-hydrogen) atoms. The lowest BCUT2D eigenvalue weighted by Crippen LogP contribution is -2.18. The van der Waals surface area contributed by atoms with Gasteiger partial charge in [0.2, 0.25) is 5.82 Å². The molecule has 1 aromatic carbocycles. The number of aliphatic imine (C=N–C) groups is 1. The lowest BCUT2D eigenvalue weighted by Gasteiger charge is -2.05. The molecule has 0 saturated heterocycles. The van der Waals surface area contributed by atoms with E-state index in [-0.39, 0.29) is 30.6 Å². The van der Waals surface area contributed by atoms with Crippen LogP contribution in [-0.2, 0) is 22.3 Å². The van der Waals surface area contributed by atoms with Crippen molar-refractivity contribution in [2.24, 2.45) is 16.6 Å². The van der Waals surface area contributed by atoms with Crippen molar-refractivity contribution < 1.29 is 27.2 Å². The summed E-state index contributed by atoms with van der Waals surface area (Å²) in [6.45, 7) is 2.08. The fraction of sp³-hybridized carbons (Fsp3) is 0.368. The second-order valence-corrected chi connectivity index (χ2v) is 6.46. The van der Waals surface area contributed by atoms with Crippen molar-refractivity contribution in [3.05, 3.63) is 47.5 Å². The average molecular weight is 408 g/mol. The van der Waals surface area contributed by atoms with Gasteiger partial charge < -0.3 is 15.0 Å². The number of aromatic nitrogens is 2. The van der Waals surface area contributed by atoms with Crippen molar-refractivity contribution in [3.63, 3.8) is 0 Å². The fourth-order valence-corrected chi connectivity index (χ4v) is 2.46. The third-order valence-electron chi connectivity index (χ3n) is 4.15. The van der Waals surface area contributed by atoms with E-state index in [4.69, 9.17) is 10.5 Å². The van der Waals surface area contributed by atoms with Crippen molar-refractivity contribution in [1.82, 2.24) is 10.1 Å². The molecule has 1 fully saturated rings. The summed E-state index contributed by atoms with van der Waals surface area (Å²) in [6, 6.07) is 6.40. The Hall–Kier alpha value is -3.17. The fourth-order valence-electron chi connectivity index (χ4n) is 2.46. The predicted molar refractivity (Wildman–Crippen MR) is 97.5 cm³/mol. The summed E-state index contributed by atoms with van der Waals surface area (Å²) in [5.41, 5.74) is 7.80. The highest BCUT2D eigenvalue weighted by Crippen LogP contribution is 2.33. The number of hydrogen-bond acceptors (Lipinski definition) is 7. The summed E-state index contributed by atoms with van der Waals surface area (Å²) >= 11 is 0. The van der Waals surface area contributed by atoms with Gasteiger partial charge in [-0.2, -0.15) is 18.2 Å². The first kappa shape index (κ1) is 20.6. The van der Waals surface area contributed by atoms with Crippen molar-refractivity contribution in [1.29, 1.82) is 0 Å². The van der Waals surface area contributed by atoms with Gasteiger partial charge in [-0.1, -0.05) is 29.4 Å². The number of alkyl halides is 3. The number of halogens is 3. The van der Waals surface area contributed by atoms with Crippen LogP contribution in [0.4, 0.5) is 13.2 Å². The number of ether oxygens (including phenoxy) is 1.